The van der Waals surface area contributed by atoms with Crippen LogP contribution in [-0.4, -0.2) is 29.9 Å². The molecule has 0 fully saturated rings. The first kappa shape index (κ1) is 17.0. The summed E-state index contributed by atoms with van der Waals surface area (Å²) in [6, 6.07) is 5.55. The average molecular weight is 287 g/mol. The van der Waals surface area contributed by atoms with Gasteiger partial charge in [0.15, 0.2) is 0 Å². The second-order valence-electron chi connectivity index (χ2n) is 5.31. The number of nitrogen functional groups attached to an aromatic ring is 1. The van der Waals surface area contributed by atoms with Gasteiger partial charge in [0.25, 0.3) is 5.91 Å². The molecule has 0 aliphatic carbocycles. The zero-order chi connectivity index (χ0) is 15.8. The number of amides is 1. The summed E-state index contributed by atoms with van der Waals surface area (Å²) in [5.74, 6) is -0.0997. The van der Waals surface area contributed by atoms with Gasteiger partial charge in [-0.15, -0.1) is 13.2 Å². The van der Waals surface area contributed by atoms with Crippen molar-refractivity contribution in [3.8, 4) is 0 Å². The van der Waals surface area contributed by atoms with Crippen molar-refractivity contribution in [1.29, 1.82) is 0 Å². The zero-order valence-electron chi connectivity index (χ0n) is 12.9. The number of anilines is 1. The Balaban J connectivity index is 2.84. The van der Waals surface area contributed by atoms with Gasteiger partial charge >= 0.3 is 0 Å². The molecule has 0 heterocycles. The lowest BCUT2D eigenvalue weighted by Crippen LogP contribution is -2.30. The number of hydrogen-bond acceptors (Lipinski definition) is 3. The highest BCUT2D eigenvalue weighted by Crippen LogP contribution is 2.17. The summed E-state index contributed by atoms with van der Waals surface area (Å²) in [7, 11) is 0. The van der Waals surface area contributed by atoms with Crippen molar-refractivity contribution in [1.82, 2.24) is 10.2 Å². The van der Waals surface area contributed by atoms with Crippen molar-refractivity contribution < 1.29 is 4.79 Å². The highest BCUT2D eigenvalue weighted by atomic mass is 16.1. The Bertz CT molecular complexity index is 499. The third kappa shape index (κ3) is 5.44. The molecule has 0 radical (unpaired) electrons. The molecule has 0 saturated carbocycles. The second-order valence-corrected chi connectivity index (χ2v) is 5.31. The average Bonchev–Trinajstić information content (AvgIpc) is 2.40. The van der Waals surface area contributed by atoms with Crippen molar-refractivity contribution in [2.24, 2.45) is 0 Å². The van der Waals surface area contributed by atoms with E-state index in [1.54, 1.807) is 6.07 Å². The SMILES string of the molecule is C=CCN(CC=C)Cc1ccc(C(=O)NC(C)C)cc1N. The minimum atomic E-state index is -0.0997. The van der Waals surface area contributed by atoms with Crippen LogP contribution in [0, 0.1) is 0 Å². The van der Waals surface area contributed by atoms with E-state index in [1.807, 2.05) is 38.1 Å². The lowest BCUT2D eigenvalue weighted by molar-refractivity contribution is 0.0943. The molecule has 114 valence electrons. The lowest BCUT2D eigenvalue weighted by Gasteiger charge is -2.20. The maximum atomic E-state index is 11.9. The molecule has 21 heavy (non-hydrogen) atoms. The maximum absolute atomic E-state index is 11.9. The molecule has 1 aromatic carbocycles. The van der Waals surface area contributed by atoms with E-state index < -0.39 is 0 Å². The quantitative estimate of drug-likeness (QED) is 0.571. The topological polar surface area (TPSA) is 58.4 Å². The summed E-state index contributed by atoms with van der Waals surface area (Å²) < 4.78 is 0. The minimum absolute atomic E-state index is 0.0997. The van der Waals surface area contributed by atoms with Crippen molar-refractivity contribution in [2.75, 3.05) is 18.8 Å². The number of benzene rings is 1. The van der Waals surface area contributed by atoms with E-state index in [-0.39, 0.29) is 11.9 Å². The van der Waals surface area contributed by atoms with Gasteiger partial charge < -0.3 is 11.1 Å². The maximum Gasteiger partial charge on any atom is 0.251 e. The van der Waals surface area contributed by atoms with E-state index in [9.17, 15) is 4.79 Å². The van der Waals surface area contributed by atoms with E-state index in [2.05, 4.69) is 23.4 Å². The number of nitrogens with two attached hydrogens (primary N) is 1. The number of nitrogens with one attached hydrogen (secondary N) is 1. The van der Waals surface area contributed by atoms with Crippen molar-refractivity contribution >= 4 is 11.6 Å². The first-order valence-corrected chi connectivity index (χ1v) is 7.11. The second kappa shape index (κ2) is 8.27. The number of nitrogens with zero attached hydrogens (tertiary/aromatic N) is 1. The van der Waals surface area contributed by atoms with Gasteiger partial charge in [-0.1, -0.05) is 18.2 Å². The summed E-state index contributed by atoms with van der Waals surface area (Å²) in [5, 5.41) is 2.86. The van der Waals surface area contributed by atoms with Crippen molar-refractivity contribution in [2.45, 2.75) is 26.4 Å². The van der Waals surface area contributed by atoms with Gasteiger partial charge in [0.2, 0.25) is 0 Å². The van der Waals surface area contributed by atoms with Gasteiger partial charge in [-0.3, -0.25) is 9.69 Å². The number of carbonyl (C=O) groups excluding carboxylic acids is 1. The molecule has 4 nitrogen and oxygen atoms in total. The van der Waals surface area contributed by atoms with Crippen LogP contribution < -0.4 is 11.1 Å². The van der Waals surface area contributed by atoms with Gasteiger partial charge in [0.1, 0.15) is 0 Å². The van der Waals surface area contributed by atoms with Crippen LogP contribution in [-0.2, 0) is 6.54 Å². The van der Waals surface area contributed by atoms with Crippen LogP contribution in [0.15, 0.2) is 43.5 Å². The Morgan fingerprint density at radius 1 is 1.33 bits per heavy atom. The fraction of sp³-hybridized carbons (Fsp3) is 0.353. The minimum Gasteiger partial charge on any atom is -0.398 e. The molecule has 1 rings (SSSR count). The normalized spacial score (nSPS) is 10.7. The fourth-order valence-corrected chi connectivity index (χ4v) is 2.04. The van der Waals surface area contributed by atoms with Crippen molar-refractivity contribution in [3.63, 3.8) is 0 Å². The van der Waals surface area contributed by atoms with Crippen LogP contribution in [0.3, 0.4) is 0 Å². The first-order chi connectivity index (χ1) is 9.97. The fourth-order valence-electron chi connectivity index (χ4n) is 2.04. The predicted octanol–water partition coefficient (Wildman–Crippen LogP) is 2.58. The Hall–Kier alpha value is -2.07. The summed E-state index contributed by atoms with van der Waals surface area (Å²) in [5.41, 5.74) is 8.29. The molecule has 1 amide bonds. The monoisotopic (exact) mass is 287 g/mol. The van der Waals surface area contributed by atoms with Gasteiger partial charge in [0.05, 0.1) is 0 Å². The van der Waals surface area contributed by atoms with E-state index in [1.165, 1.54) is 0 Å². The molecule has 3 N–H and O–H groups in total. The van der Waals surface area contributed by atoms with Crippen LogP contribution in [0.25, 0.3) is 0 Å². The van der Waals surface area contributed by atoms with Crippen LogP contribution in [0.2, 0.25) is 0 Å². The summed E-state index contributed by atoms with van der Waals surface area (Å²) >= 11 is 0. The summed E-state index contributed by atoms with van der Waals surface area (Å²) in [4.78, 5) is 14.1. The molecule has 0 aromatic heterocycles. The zero-order valence-corrected chi connectivity index (χ0v) is 12.9. The molecule has 0 saturated heterocycles. The summed E-state index contributed by atoms with van der Waals surface area (Å²) in [6.45, 7) is 13.6. The standard InChI is InChI=1S/C17H25N3O/c1-5-9-20(10-6-2)12-15-8-7-14(11-16(15)18)17(21)19-13(3)4/h5-8,11,13H,1-2,9-10,12,18H2,3-4H3,(H,19,21). The molecule has 0 unspecified atom stereocenters. The highest BCUT2D eigenvalue weighted by molar-refractivity contribution is 5.95. The molecule has 4 heteroatoms. The van der Waals surface area contributed by atoms with E-state index in [4.69, 9.17) is 5.73 Å². The van der Waals surface area contributed by atoms with Gasteiger partial charge in [-0.2, -0.15) is 0 Å². The van der Waals surface area contributed by atoms with Crippen LogP contribution in [0.4, 0.5) is 5.69 Å². The molecular formula is C17H25N3O. The largest absolute Gasteiger partial charge is 0.398 e. The molecule has 0 spiro atoms. The Morgan fingerprint density at radius 2 is 1.95 bits per heavy atom. The van der Waals surface area contributed by atoms with Crippen LogP contribution in [0.1, 0.15) is 29.8 Å². The van der Waals surface area contributed by atoms with Crippen molar-refractivity contribution in [3.05, 3.63) is 54.6 Å². The molecule has 1 aromatic rings. The smallest absolute Gasteiger partial charge is 0.251 e. The Kier molecular flexibility index (Phi) is 6.69. The summed E-state index contributed by atoms with van der Waals surface area (Å²) in [6.07, 6.45) is 3.70. The van der Waals surface area contributed by atoms with E-state index in [0.29, 0.717) is 17.8 Å². The molecule has 0 atom stereocenters. The predicted molar refractivity (Wildman–Crippen MR) is 89.1 cm³/mol. The van der Waals surface area contributed by atoms with Gasteiger partial charge in [0, 0.05) is 36.9 Å². The Labute approximate surface area is 127 Å². The van der Waals surface area contributed by atoms with Gasteiger partial charge in [-0.05, 0) is 31.5 Å². The first-order valence-electron chi connectivity index (χ1n) is 7.11. The Morgan fingerprint density at radius 3 is 2.43 bits per heavy atom. The third-order valence-electron chi connectivity index (χ3n) is 3.00. The van der Waals surface area contributed by atoms with Gasteiger partial charge in [-0.25, -0.2) is 0 Å². The lowest BCUT2D eigenvalue weighted by atomic mass is 10.1. The van der Waals surface area contributed by atoms with E-state index >= 15 is 0 Å². The van der Waals surface area contributed by atoms with Crippen LogP contribution >= 0.6 is 0 Å². The molecule has 0 aliphatic heterocycles. The number of hydrogen-bond donors (Lipinski definition) is 2. The molecular weight excluding hydrogens is 262 g/mol. The van der Waals surface area contributed by atoms with Crippen LogP contribution in [0.5, 0.6) is 0 Å². The molecule has 0 aliphatic rings. The third-order valence-corrected chi connectivity index (χ3v) is 3.00. The highest BCUT2D eigenvalue weighted by Gasteiger charge is 2.11. The number of carbonyl (C=O) groups is 1. The number of rotatable bonds is 8. The molecule has 0 bridgehead atoms. The van der Waals surface area contributed by atoms with E-state index in [0.717, 1.165) is 18.7 Å².